The molecule has 3 aromatic rings. The zero-order valence-electron chi connectivity index (χ0n) is 10.6. The first-order chi connectivity index (χ1) is 10.1. The molecule has 3 nitrogen and oxygen atoms in total. The van der Waals surface area contributed by atoms with Gasteiger partial charge in [0.2, 0.25) is 0 Å². The van der Waals surface area contributed by atoms with Crippen LogP contribution in [0.5, 0.6) is 0 Å². The Morgan fingerprint density at radius 1 is 1.00 bits per heavy atom. The van der Waals surface area contributed by atoms with E-state index in [1.165, 1.54) is 6.07 Å². The van der Waals surface area contributed by atoms with Crippen LogP contribution in [0.1, 0.15) is 0 Å². The van der Waals surface area contributed by atoms with Crippen molar-refractivity contribution in [2.24, 2.45) is 0 Å². The standard InChI is InChI=1S/C15H9Br2FN2O/c16-10-4-1-8(2-5-10)13-14(21-20-15(13)19)9-3-6-12(18)11(17)7-9/h1-7H,(H2,19,20). The van der Waals surface area contributed by atoms with Crippen LogP contribution in [0.3, 0.4) is 0 Å². The summed E-state index contributed by atoms with van der Waals surface area (Å²) >= 11 is 6.56. The van der Waals surface area contributed by atoms with Crippen LogP contribution in [0.25, 0.3) is 22.5 Å². The van der Waals surface area contributed by atoms with Gasteiger partial charge in [-0.15, -0.1) is 0 Å². The fraction of sp³-hybridized carbons (Fsp3) is 0. The van der Waals surface area contributed by atoms with E-state index in [2.05, 4.69) is 37.0 Å². The lowest BCUT2D eigenvalue weighted by atomic mass is 10.0. The molecule has 21 heavy (non-hydrogen) atoms. The molecule has 0 unspecified atom stereocenters. The van der Waals surface area contributed by atoms with Gasteiger partial charge in [0.1, 0.15) is 5.82 Å². The maximum Gasteiger partial charge on any atom is 0.176 e. The summed E-state index contributed by atoms with van der Waals surface area (Å²) in [5, 5.41) is 3.83. The summed E-state index contributed by atoms with van der Waals surface area (Å²) in [6.45, 7) is 0. The largest absolute Gasteiger partial charge is 0.380 e. The monoisotopic (exact) mass is 410 g/mol. The molecule has 2 N–H and O–H groups in total. The first-order valence-electron chi connectivity index (χ1n) is 6.03. The van der Waals surface area contributed by atoms with Crippen LogP contribution in [-0.2, 0) is 0 Å². The number of nitrogens with two attached hydrogens (primary N) is 1. The zero-order chi connectivity index (χ0) is 15.0. The molecule has 0 aliphatic carbocycles. The molecule has 2 aromatic carbocycles. The molecule has 0 atom stereocenters. The first kappa shape index (κ1) is 14.3. The molecule has 1 heterocycles. The molecule has 0 radical (unpaired) electrons. The van der Waals surface area contributed by atoms with E-state index in [1.54, 1.807) is 12.1 Å². The summed E-state index contributed by atoms with van der Waals surface area (Å²) in [4.78, 5) is 0. The highest BCUT2D eigenvalue weighted by Gasteiger charge is 2.18. The highest BCUT2D eigenvalue weighted by molar-refractivity contribution is 9.10. The van der Waals surface area contributed by atoms with Crippen molar-refractivity contribution < 1.29 is 8.91 Å². The van der Waals surface area contributed by atoms with Gasteiger partial charge in [0.25, 0.3) is 0 Å². The number of halogens is 3. The van der Waals surface area contributed by atoms with Gasteiger partial charge in [0, 0.05) is 10.0 Å². The summed E-state index contributed by atoms with van der Waals surface area (Å²) in [7, 11) is 0. The number of rotatable bonds is 2. The lowest BCUT2D eigenvalue weighted by Crippen LogP contribution is -1.89. The van der Waals surface area contributed by atoms with E-state index in [0.29, 0.717) is 27.2 Å². The highest BCUT2D eigenvalue weighted by atomic mass is 79.9. The molecular formula is C15H9Br2FN2O. The predicted molar refractivity (Wildman–Crippen MR) is 87.1 cm³/mol. The predicted octanol–water partition coefficient (Wildman–Crippen LogP) is 5.25. The average Bonchev–Trinajstić information content (AvgIpc) is 2.85. The van der Waals surface area contributed by atoms with Crippen LogP contribution < -0.4 is 5.73 Å². The lowest BCUT2D eigenvalue weighted by molar-refractivity contribution is 0.436. The van der Waals surface area contributed by atoms with E-state index in [-0.39, 0.29) is 5.82 Å². The van der Waals surface area contributed by atoms with E-state index in [0.717, 1.165) is 10.0 Å². The number of anilines is 1. The van der Waals surface area contributed by atoms with Crippen LogP contribution in [0, 0.1) is 5.82 Å². The Kier molecular flexibility index (Phi) is 3.82. The van der Waals surface area contributed by atoms with Gasteiger partial charge in [-0.2, -0.15) is 0 Å². The zero-order valence-corrected chi connectivity index (χ0v) is 13.8. The van der Waals surface area contributed by atoms with Crippen LogP contribution in [-0.4, -0.2) is 5.16 Å². The Hall–Kier alpha value is -1.66. The molecule has 0 aliphatic rings. The number of nitrogen functional groups attached to an aromatic ring is 1. The van der Waals surface area contributed by atoms with Gasteiger partial charge < -0.3 is 10.3 Å². The summed E-state index contributed by atoms with van der Waals surface area (Å²) in [5.41, 5.74) is 8.19. The van der Waals surface area contributed by atoms with E-state index in [9.17, 15) is 4.39 Å². The molecule has 106 valence electrons. The normalized spacial score (nSPS) is 10.8. The molecule has 1 aromatic heterocycles. The minimum atomic E-state index is -0.337. The maximum absolute atomic E-state index is 13.4. The van der Waals surface area contributed by atoms with E-state index < -0.39 is 0 Å². The van der Waals surface area contributed by atoms with Crippen LogP contribution in [0.15, 0.2) is 55.9 Å². The molecule has 0 amide bonds. The Morgan fingerprint density at radius 3 is 2.33 bits per heavy atom. The topological polar surface area (TPSA) is 52.0 Å². The van der Waals surface area contributed by atoms with Crippen molar-refractivity contribution in [3.8, 4) is 22.5 Å². The van der Waals surface area contributed by atoms with Crippen molar-refractivity contribution in [3.63, 3.8) is 0 Å². The molecule has 3 rings (SSSR count). The number of hydrogen-bond donors (Lipinski definition) is 1. The van der Waals surface area contributed by atoms with Crippen molar-refractivity contribution >= 4 is 37.7 Å². The van der Waals surface area contributed by atoms with Crippen molar-refractivity contribution in [3.05, 3.63) is 57.2 Å². The second kappa shape index (κ2) is 5.61. The van der Waals surface area contributed by atoms with Gasteiger partial charge in [-0.1, -0.05) is 33.2 Å². The smallest absolute Gasteiger partial charge is 0.176 e. The molecule has 0 bridgehead atoms. The minimum Gasteiger partial charge on any atom is -0.380 e. The summed E-state index contributed by atoms with van der Waals surface area (Å²) in [6, 6.07) is 12.3. The lowest BCUT2D eigenvalue weighted by Gasteiger charge is -2.04. The number of nitrogens with zero attached hydrogens (tertiary/aromatic N) is 1. The van der Waals surface area contributed by atoms with Crippen molar-refractivity contribution in [1.29, 1.82) is 0 Å². The minimum absolute atomic E-state index is 0.299. The van der Waals surface area contributed by atoms with Gasteiger partial charge >= 0.3 is 0 Å². The SMILES string of the molecule is Nc1noc(-c2ccc(F)c(Br)c2)c1-c1ccc(Br)cc1. The molecule has 0 spiro atoms. The highest BCUT2D eigenvalue weighted by Crippen LogP contribution is 2.38. The molecule has 0 fully saturated rings. The third-order valence-electron chi connectivity index (χ3n) is 3.03. The second-order valence-electron chi connectivity index (χ2n) is 4.41. The van der Waals surface area contributed by atoms with Gasteiger partial charge in [-0.25, -0.2) is 4.39 Å². The fourth-order valence-corrected chi connectivity index (χ4v) is 2.68. The number of hydrogen-bond acceptors (Lipinski definition) is 3. The average molecular weight is 412 g/mol. The number of aromatic nitrogens is 1. The fourth-order valence-electron chi connectivity index (χ4n) is 2.03. The summed E-state index contributed by atoms with van der Waals surface area (Å²) < 4.78 is 20.0. The Labute approximate surface area is 137 Å². The molecule has 0 saturated heterocycles. The van der Waals surface area contributed by atoms with Crippen LogP contribution in [0.4, 0.5) is 10.2 Å². The Bertz CT molecular complexity index is 800. The molecule has 6 heteroatoms. The quantitative estimate of drug-likeness (QED) is 0.626. The van der Waals surface area contributed by atoms with Crippen molar-refractivity contribution in [2.45, 2.75) is 0 Å². The number of benzene rings is 2. The summed E-state index contributed by atoms with van der Waals surface area (Å²) in [5.74, 6) is 0.472. The van der Waals surface area contributed by atoms with Gasteiger partial charge in [0.05, 0.1) is 10.0 Å². The third-order valence-corrected chi connectivity index (χ3v) is 4.17. The Morgan fingerprint density at radius 2 is 1.67 bits per heavy atom. The first-order valence-corrected chi connectivity index (χ1v) is 7.61. The second-order valence-corrected chi connectivity index (χ2v) is 6.18. The van der Waals surface area contributed by atoms with E-state index in [4.69, 9.17) is 10.3 Å². The van der Waals surface area contributed by atoms with Crippen LogP contribution >= 0.6 is 31.9 Å². The third kappa shape index (κ3) is 2.73. The van der Waals surface area contributed by atoms with E-state index >= 15 is 0 Å². The van der Waals surface area contributed by atoms with Gasteiger partial charge in [-0.3, -0.25) is 0 Å². The molecular weight excluding hydrogens is 403 g/mol. The molecule has 0 saturated carbocycles. The van der Waals surface area contributed by atoms with E-state index in [1.807, 2.05) is 24.3 Å². The van der Waals surface area contributed by atoms with Crippen molar-refractivity contribution in [1.82, 2.24) is 5.16 Å². The van der Waals surface area contributed by atoms with Crippen molar-refractivity contribution in [2.75, 3.05) is 5.73 Å². The molecule has 0 aliphatic heterocycles. The summed E-state index contributed by atoms with van der Waals surface area (Å²) in [6.07, 6.45) is 0. The van der Waals surface area contributed by atoms with Crippen LogP contribution in [0.2, 0.25) is 0 Å². The van der Waals surface area contributed by atoms with Gasteiger partial charge in [0.15, 0.2) is 11.6 Å². The van der Waals surface area contributed by atoms with Gasteiger partial charge in [-0.05, 0) is 51.8 Å². The maximum atomic E-state index is 13.4. The Balaban J connectivity index is 2.16.